The molecule has 0 radical (unpaired) electrons. The number of aromatic nitrogens is 1. The third-order valence-electron chi connectivity index (χ3n) is 2.64. The van der Waals surface area contributed by atoms with Gasteiger partial charge in [0, 0.05) is 6.20 Å². The molecule has 15 heavy (non-hydrogen) atoms. The topological polar surface area (TPSA) is 38.9 Å². The highest BCUT2D eigenvalue weighted by molar-refractivity contribution is 6.85. The summed E-state index contributed by atoms with van der Waals surface area (Å²) in [6.07, 6.45) is 1.74. The molecule has 0 amide bonds. The zero-order valence-electron chi connectivity index (χ0n) is 8.72. The molecule has 0 aliphatic heterocycles. The number of nitrogen functional groups attached to an aromatic ring is 1. The Bertz CT molecular complexity index is 442. The van der Waals surface area contributed by atoms with Gasteiger partial charge < -0.3 is 5.73 Å². The van der Waals surface area contributed by atoms with Gasteiger partial charge in [0.1, 0.15) is 14.6 Å². The van der Waals surface area contributed by atoms with Crippen molar-refractivity contribution in [3.05, 3.63) is 48.7 Å². The molecule has 1 aromatic carbocycles. The molecule has 0 saturated carbocycles. The Morgan fingerprint density at radius 1 is 1.07 bits per heavy atom. The van der Waals surface area contributed by atoms with Crippen LogP contribution < -0.4 is 16.1 Å². The smallest absolute Gasteiger partial charge is 0.122 e. The SMILES string of the molecule is C[SiH](c1ccccc1)c1cccnc1N. The maximum atomic E-state index is 5.88. The quantitative estimate of drug-likeness (QED) is 0.745. The van der Waals surface area contributed by atoms with E-state index in [-0.39, 0.29) is 0 Å². The Labute approximate surface area is 91.4 Å². The largest absolute Gasteiger partial charge is 0.384 e. The van der Waals surface area contributed by atoms with E-state index in [0.29, 0.717) is 5.82 Å². The Balaban J connectivity index is 2.37. The number of rotatable bonds is 2. The third-order valence-corrected chi connectivity index (χ3v) is 5.44. The number of pyridine rings is 1. The van der Waals surface area contributed by atoms with Crippen LogP contribution in [0.4, 0.5) is 5.82 Å². The van der Waals surface area contributed by atoms with Crippen molar-refractivity contribution in [1.82, 2.24) is 4.98 Å². The fourth-order valence-corrected chi connectivity index (χ4v) is 3.79. The zero-order chi connectivity index (χ0) is 10.7. The van der Waals surface area contributed by atoms with Crippen molar-refractivity contribution in [1.29, 1.82) is 0 Å². The fraction of sp³-hybridized carbons (Fsp3) is 0.0833. The summed E-state index contributed by atoms with van der Waals surface area (Å²) in [6.45, 7) is 2.28. The molecular weight excluding hydrogens is 200 g/mol. The molecule has 1 heterocycles. The van der Waals surface area contributed by atoms with Crippen LogP contribution >= 0.6 is 0 Å². The van der Waals surface area contributed by atoms with Crippen molar-refractivity contribution in [2.24, 2.45) is 0 Å². The summed E-state index contributed by atoms with van der Waals surface area (Å²) in [5.41, 5.74) is 5.88. The van der Waals surface area contributed by atoms with Gasteiger partial charge in [-0.3, -0.25) is 0 Å². The van der Waals surface area contributed by atoms with Crippen LogP contribution in [0, 0.1) is 0 Å². The number of hydrogen-bond donors (Lipinski definition) is 1. The summed E-state index contributed by atoms with van der Waals surface area (Å²) in [4.78, 5) is 4.14. The van der Waals surface area contributed by atoms with Crippen molar-refractivity contribution in [2.75, 3.05) is 5.73 Å². The molecule has 1 aromatic heterocycles. The molecule has 1 atom stereocenters. The zero-order valence-corrected chi connectivity index (χ0v) is 9.88. The second-order valence-electron chi connectivity index (χ2n) is 3.61. The normalized spacial score (nSPS) is 12.3. The van der Waals surface area contributed by atoms with Gasteiger partial charge in [-0.25, -0.2) is 4.98 Å². The molecule has 0 spiro atoms. The molecule has 3 heteroatoms. The highest BCUT2D eigenvalue weighted by atomic mass is 28.3. The molecular formula is C12H14N2Si. The minimum atomic E-state index is -1.15. The lowest BCUT2D eigenvalue weighted by atomic mass is 10.4. The summed E-state index contributed by atoms with van der Waals surface area (Å²) >= 11 is 0. The second kappa shape index (κ2) is 4.27. The van der Waals surface area contributed by atoms with Crippen LogP contribution in [0.5, 0.6) is 0 Å². The molecule has 0 bridgehead atoms. The van der Waals surface area contributed by atoms with Crippen LogP contribution in [0.3, 0.4) is 0 Å². The Morgan fingerprint density at radius 3 is 2.47 bits per heavy atom. The number of nitrogens with zero attached hydrogens (tertiary/aromatic N) is 1. The molecule has 0 fully saturated rings. The average molecular weight is 214 g/mol. The summed E-state index contributed by atoms with van der Waals surface area (Å²) in [7, 11) is -1.15. The van der Waals surface area contributed by atoms with Gasteiger partial charge >= 0.3 is 0 Å². The highest BCUT2D eigenvalue weighted by Gasteiger charge is 2.12. The van der Waals surface area contributed by atoms with E-state index in [0.717, 1.165) is 0 Å². The lowest BCUT2D eigenvalue weighted by Crippen LogP contribution is -2.40. The highest BCUT2D eigenvalue weighted by Crippen LogP contribution is 1.96. The first-order valence-corrected chi connectivity index (χ1v) is 7.35. The predicted molar refractivity (Wildman–Crippen MR) is 67.4 cm³/mol. The lowest BCUT2D eigenvalue weighted by molar-refractivity contribution is 1.35. The molecule has 0 aliphatic rings. The van der Waals surface area contributed by atoms with E-state index >= 15 is 0 Å². The van der Waals surface area contributed by atoms with Crippen LogP contribution in [-0.2, 0) is 0 Å². The molecule has 1 unspecified atom stereocenters. The predicted octanol–water partition coefficient (Wildman–Crippen LogP) is 0.635. The Hall–Kier alpha value is -1.61. The maximum absolute atomic E-state index is 5.88. The number of anilines is 1. The van der Waals surface area contributed by atoms with Gasteiger partial charge in [-0.15, -0.1) is 0 Å². The van der Waals surface area contributed by atoms with Crippen molar-refractivity contribution in [3.63, 3.8) is 0 Å². The molecule has 2 aromatic rings. The van der Waals surface area contributed by atoms with E-state index in [9.17, 15) is 0 Å². The Morgan fingerprint density at radius 2 is 1.80 bits per heavy atom. The van der Waals surface area contributed by atoms with E-state index in [1.165, 1.54) is 10.4 Å². The molecule has 0 aliphatic carbocycles. The third kappa shape index (κ3) is 2.07. The van der Waals surface area contributed by atoms with E-state index in [4.69, 9.17) is 5.73 Å². The van der Waals surface area contributed by atoms with Crippen LogP contribution in [0.25, 0.3) is 0 Å². The van der Waals surface area contributed by atoms with Crippen LogP contribution in [-0.4, -0.2) is 13.8 Å². The first-order chi connectivity index (χ1) is 7.29. The summed E-state index contributed by atoms with van der Waals surface area (Å²) in [6, 6.07) is 14.6. The molecule has 2 rings (SSSR count). The Kier molecular flexibility index (Phi) is 2.83. The van der Waals surface area contributed by atoms with Crippen molar-refractivity contribution in [2.45, 2.75) is 6.55 Å². The van der Waals surface area contributed by atoms with Crippen LogP contribution in [0.15, 0.2) is 48.7 Å². The van der Waals surface area contributed by atoms with Crippen molar-refractivity contribution in [3.8, 4) is 0 Å². The van der Waals surface area contributed by atoms with E-state index < -0.39 is 8.80 Å². The van der Waals surface area contributed by atoms with E-state index in [1.807, 2.05) is 12.1 Å². The van der Waals surface area contributed by atoms with Gasteiger partial charge in [-0.1, -0.05) is 48.1 Å². The van der Waals surface area contributed by atoms with Crippen molar-refractivity contribution >= 4 is 25.0 Å². The van der Waals surface area contributed by atoms with Gasteiger partial charge in [-0.2, -0.15) is 0 Å². The molecule has 2 N–H and O–H groups in total. The van der Waals surface area contributed by atoms with Gasteiger partial charge in [0.25, 0.3) is 0 Å². The summed E-state index contributed by atoms with van der Waals surface area (Å²) in [5, 5.41) is 2.63. The van der Waals surface area contributed by atoms with Gasteiger partial charge in [-0.05, 0) is 11.3 Å². The number of nitrogens with two attached hydrogens (primary N) is 1. The molecule has 76 valence electrons. The lowest BCUT2D eigenvalue weighted by Gasteiger charge is -2.12. The van der Waals surface area contributed by atoms with Gasteiger partial charge in [0.15, 0.2) is 0 Å². The molecule has 0 saturated heterocycles. The van der Waals surface area contributed by atoms with Gasteiger partial charge in [0.05, 0.1) is 0 Å². The standard InChI is InChI=1S/C12H14N2Si/c1-15(10-6-3-2-4-7-10)11-8-5-9-14-12(11)13/h2-9,15H,1H3,(H2,13,14). The first-order valence-electron chi connectivity index (χ1n) is 5.04. The summed E-state index contributed by atoms with van der Waals surface area (Å²) < 4.78 is 0. The average Bonchev–Trinajstić information content (AvgIpc) is 2.30. The van der Waals surface area contributed by atoms with Crippen molar-refractivity contribution < 1.29 is 0 Å². The second-order valence-corrected chi connectivity index (χ2v) is 6.34. The fourth-order valence-electron chi connectivity index (χ4n) is 1.72. The first kappa shape index (κ1) is 9.92. The monoisotopic (exact) mass is 214 g/mol. The van der Waals surface area contributed by atoms with Crippen LogP contribution in [0.2, 0.25) is 6.55 Å². The minimum absolute atomic E-state index is 0.681. The van der Waals surface area contributed by atoms with E-state index in [2.05, 4.69) is 41.9 Å². The summed E-state index contributed by atoms with van der Waals surface area (Å²) in [5.74, 6) is 0.681. The van der Waals surface area contributed by atoms with Crippen LogP contribution in [0.1, 0.15) is 0 Å². The van der Waals surface area contributed by atoms with Gasteiger partial charge in [0.2, 0.25) is 0 Å². The number of hydrogen-bond acceptors (Lipinski definition) is 2. The van der Waals surface area contributed by atoms with E-state index in [1.54, 1.807) is 6.20 Å². The maximum Gasteiger partial charge on any atom is 0.122 e. The number of benzene rings is 1. The molecule has 2 nitrogen and oxygen atoms in total. The minimum Gasteiger partial charge on any atom is -0.384 e.